The van der Waals surface area contributed by atoms with Gasteiger partial charge in [-0.1, -0.05) is 5.92 Å². The zero-order chi connectivity index (χ0) is 10.2. The van der Waals surface area contributed by atoms with E-state index in [9.17, 15) is 4.79 Å². The highest BCUT2D eigenvalue weighted by Gasteiger charge is 2.16. The van der Waals surface area contributed by atoms with Crippen LogP contribution in [0.3, 0.4) is 0 Å². The molecule has 0 radical (unpaired) electrons. The lowest BCUT2D eigenvalue weighted by Gasteiger charge is -2.21. The number of ketones is 1. The van der Waals surface area contributed by atoms with Gasteiger partial charge in [-0.25, -0.2) is 0 Å². The summed E-state index contributed by atoms with van der Waals surface area (Å²) in [5, 5.41) is 2.91. The Kier molecular flexibility index (Phi) is 5.28. The molecule has 1 rings (SSSR count). The number of nitrogens with one attached hydrogen (secondary N) is 1. The zero-order valence-electron chi connectivity index (χ0n) is 8.42. The molecule has 78 valence electrons. The number of hydrogen-bond donors (Lipinski definition) is 1. The first kappa shape index (κ1) is 11.2. The van der Waals surface area contributed by atoms with E-state index < -0.39 is 0 Å². The molecule has 0 amide bonds. The molecule has 0 aromatic carbocycles. The molecular weight excluding hydrogens is 178 g/mol. The molecular formula is C11H17NO2. The third-order valence-electron chi connectivity index (χ3n) is 2.41. The molecule has 0 spiro atoms. The number of rotatable bonds is 5. The van der Waals surface area contributed by atoms with Crippen LogP contribution in [0.1, 0.15) is 19.3 Å². The normalized spacial score (nSPS) is 17.6. The summed E-state index contributed by atoms with van der Waals surface area (Å²) in [7, 11) is 0. The third kappa shape index (κ3) is 4.40. The molecule has 0 aromatic heterocycles. The van der Waals surface area contributed by atoms with Gasteiger partial charge in [0.1, 0.15) is 5.78 Å². The maximum Gasteiger partial charge on any atom is 0.146 e. The van der Waals surface area contributed by atoms with E-state index >= 15 is 0 Å². The van der Waals surface area contributed by atoms with E-state index in [1.54, 1.807) is 0 Å². The monoisotopic (exact) mass is 195 g/mol. The number of Topliss-reactive ketones (excluding diaryl/α,β-unsaturated/α-hetero) is 1. The van der Waals surface area contributed by atoms with Gasteiger partial charge in [0, 0.05) is 19.6 Å². The molecule has 3 nitrogen and oxygen atoms in total. The van der Waals surface area contributed by atoms with Crippen molar-refractivity contribution in [3.8, 4) is 12.3 Å². The van der Waals surface area contributed by atoms with Crippen LogP contribution in [0.15, 0.2) is 0 Å². The largest absolute Gasteiger partial charge is 0.381 e. The van der Waals surface area contributed by atoms with Crippen molar-refractivity contribution in [3.63, 3.8) is 0 Å². The predicted molar refractivity (Wildman–Crippen MR) is 54.9 cm³/mol. The van der Waals surface area contributed by atoms with Crippen LogP contribution < -0.4 is 5.32 Å². The van der Waals surface area contributed by atoms with E-state index in [1.807, 2.05) is 0 Å². The molecule has 0 aromatic rings. The third-order valence-corrected chi connectivity index (χ3v) is 2.41. The first-order chi connectivity index (χ1) is 6.83. The quantitative estimate of drug-likeness (QED) is 0.515. The molecule has 3 heteroatoms. The zero-order valence-corrected chi connectivity index (χ0v) is 8.42. The summed E-state index contributed by atoms with van der Waals surface area (Å²) in [4.78, 5) is 11.4. The lowest BCUT2D eigenvalue weighted by Crippen LogP contribution is -2.26. The van der Waals surface area contributed by atoms with Crippen molar-refractivity contribution >= 4 is 5.78 Å². The van der Waals surface area contributed by atoms with Crippen LogP contribution >= 0.6 is 0 Å². The molecule has 0 saturated carbocycles. The molecule has 1 fully saturated rings. The number of hydrogen-bond acceptors (Lipinski definition) is 3. The van der Waals surface area contributed by atoms with Gasteiger partial charge in [0.2, 0.25) is 0 Å². The van der Waals surface area contributed by atoms with Crippen LogP contribution in [0.5, 0.6) is 0 Å². The maximum atomic E-state index is 11.4. The highest BCUT2D eigenvalue weighted by molar-refractivity contribution is 5.80. The molecule has 1 aliphatic rings. The van der Waals surface area contributed by atoms with Crippen LogP contribution in [0, 0.1) is 18.3 Å². The van der Waals surface area contributed by atoms with E-state index in [-0.39, 0.29) is 5.78 Å². The molecule has 0 unspecified atom stereocenters. The highest BCUT2D eigenvalue weighted by atomic mass is 16.5. The standard InChI is InChI=1S/C11H17NO2/c1-2-5-12-9-11(13)8-10-3-6-14-7-4-10/h1,10,12H,3-9H2. The Bertz CT molecular complexity index is 214. The maximum absolute atomic E-state index is 11.4. The predicted octanol–water partition coefficient (Wildman–Crippen LogP) is 0.595. The van der Waals surface area contributed by atoms with Crippen molar-refractivity contribution in [2.75, 3.05) is 26.3 Å². The lowest BCUT2D eigenvalue weighted by atomic mass is 9.94. The summed E-state index contributed by atoms with van der Waals surface area (Å²) in [6.45, 7) is 2.48. The van der Waals surface area contributed by atoms with Gasteiger partial charge in [0.25, 0.3) is 0 Å². The Morgan fingerprint density at radius 3 is 2.86 bits per heavy atom. The minimum atomic E-state index is 0.257. The van der Waals surface area contributed by atoms with Crippen LogP contribution in [0.2, 0.25) is 0 Å². The topological polar surface area (TPSA) is 38.3 Å². The fraction of sp³-hybridized carbons (Fsp3) is 0.727. The summed E-state index contributed by atoms with van der Waals surface area (Å²) in [5.41, 5.74) is 0. The van der Waals surface area contributed by atoms with E-state index in [4.69, 9.17) is 11.2 Å². The van der Waals surface area contributed by atoms with Gasteiger partial charge < -0.3 is 4.74 Å². The van der Waals surface area contributed by atoms with Gasteiger partial charge in [-0.05, 0) is 18.8 Å². The summed E-state index contributed by atoms with van der Waals surface area (Å²) < 4.78 is 5.23. The second kappa shape index (κ2) is 6.58. The van der Waals surface area contributed by atoms with E-state index in [0.29, 0.717) is 25.4 Å². The average molecular weight is 195 g/mol. The van der Waals surface area contributed by atoms with Crippen molar-refractivity contribution in [2.24, 2.45) is 5.92 Å². The molecule has 0 atom stereocenters. The van der Waals surface area contributed by atoms with Gasteiger partial charge in [-0.15, -0.1) is 6.42 Å². The van der Waals surface area contributed by atoms with Crippen molar-refractivity contribution < 1.29 is 9.53 Å². The SMILES string of the molecule is C#CCNCC(=O)CC1CCOCC1. The summed E-state index contributed by atoms with van der Waals surface area (Å²) >= 11 is 0. The first-order valence-electron chi connectivity index (χ1n) is 5.06. The second-order valence-electron chi connectivity index (χ2n) is 3.61. The van der Waals surface area contributed by atoms with E-state index in [2.05, 4.69) is 11.2 Å². The number of carbonyl (C=O) groups is 1. The van der Waals surface area contributed by atoms with Crippen LogP contribution in [-0.4, -0.2) is 32.1 Å². The van der Waals surface area contributed by atoms with Gasteiger partial charge in [0.15, 0.2) is 0 Å². The lowest BCUT2D eigenvalue weighted by molar-refractivity contribution is -0.119. The summed E-state index contributed by atoms with van der Waals surface area (Å²) in [5.74, 6) is 3.22. The van der Waals surface area contributed by atoms with Crippen LogP contribution in [0.4, 0.5) is 0 Å². The molecule has 1 heterocycles. The number of carbonyl (C=O) groups excluding carboxylic acids is 1. The Morgan fingerprint density at radius 2 is 2.21 bits per heavy atom. The van der Waals surface area contributed by atoms with Gasteiger partial charge in [0.05, 0.1) is 13.1 Å². The fourth-order valence-electron chi connectivity index (χ4n) is 1.62. The molecule has 1 saturated heterocycles. The molecule has 1 N–H and O–H groups in total. The van der Waals surface area contributed by atoms with Crippen LogP contribution in [0.25, 0.3) is 0 Å². The van der Waals surface area contributed by atoms with Crippen molar-refractivity contribution in [3.05, 3.63) is 0 Å². The van der Waals surface area contributed by atoms with E-state index in [0.717, 1.165) is 26.1 Å². The van der Waals surface area contributed by atoms with Gasteiger partial charge in [-0.3, -0.25) is 10.1 Å². The fourth-order valence-corrected chi connectivity index (χ4v) is 1.62. The van der Waals surface area contributed by atoms with Crippen molar-refractivity contribution in [1.82, 2.24) is 5.32 Å². The molecule has 1 aliphatic heterocycles. The number of ether oxygens (including phenoxy) is 1. The smallest absolute Gasteiger partial charge is 0.146 e. The van der Waals surface area contributed by atoms with Crippen molar-refractivity contribution in [1.29, 1.82) is 0 Å². The Labute approximate surface area is 85.2 Å². The van der Waals surface area contributed by atoms with Crippen molar-refractivity contribution in [2.45, 2.75) is 19.3 Å². The average Bonchev–Trinajstić information content (AvgIpc) is 2.20. The Hall–Kier alpha value is -0.850. The Balaban J connectivity index is 2.10. The van der Waals surface area contributed by atoms with Gasteiger partial charge >= 0.3 is 0 Å². The first-order valence-corrected chi connectivity index (χ1v) is 5.06. The summed E-state index contributed by atoms with van der Waals surface area (Å²) in [6.07, 6.45) is 7.76. The molecule has 0 aliphatic carbocycles. The number of terminal acetylenes is 1. The minimum Gasteiger partial charge on any atom is -0.381 e. The van der Waals surface area contributed by atoms with Crippen LogP contribution in [-0.2, 0) is 9.53 Å². The van der Waals surface area contributed by atoms with E-state index in [1.165, 1.54) is 0 Å². The second-order valence-corrected chi connectivity index (χ2v) is 3.61. The molecule has 0 bridgehead atoms. The van der Waals surface area contributed by atoms with Gasteiger partial charge in [-0.2, -0.15) is 0 Å². The molecule has 14 heavy (non-hydrogen) atoms. The highest BCUT2D eigenvalue weighted by Crippen LogP contribution is 2.18. The summed E-state index contributed by atoms with van der Waals surface area (Å²) in [6, 6.07) is 0. The Morgan fingerprint density at radius 1 is 1.50 bits per heavy atom. The minimum absolute atomic E-state index is 0.257.